The number of hydrogen-bond donors (Lipinski definition) is 6. The molecule has 2 atom stereocenters. The number of phenols is 5. The molecule has 0 bridgehead atoms. The molecule has 0 aliphatic carbocycles. The van der Waals surface area contributed by atoms with E-state index in [-0.39, 0.29) is 29.2 Å². The van der Waals surface area contributed by atoms with Crippen molar-refractivity contribution in [3.05, 3.63) is 35.4 Å². The van der Waals surface area contributed by atoms with Crippen molar-refractivity contribution in [3.63, 3.8) is 0 Å². The summed E-state index contributed by atoms with van der Waals surface area (Å²) in [5.74, 6) is -1.94. The van der Waals surface area contributed by atoms with Gasteiger partial charge in [0.1, 0.15) is 17.2 Å². The van der Waals surface area contributed by atoms with Gasteiger partial charge in [-0.05, 0) is 12.1 Å². The van der Waals surface area contributed by atoms with Crippen LogP contribution < -0.4 is 4.74 Å². The Hall–Kier alpha value is -2.80. The highest BCUT2D eigenvalue weighted by Gasteiger charge is 2.33. The minimum absolute atomic E-state index is 0.0640. The lowest BCUT2D eigenvalue weighted by Gasteiger charge is -2.31. The fraction of sp³-hybridized carbons (Fsp3) is 0.200. The lowest BCUT2D eigenvalue weighted by molar-refractivity contribution is 0.0196. The second kappa shape index (κ2) is 4.88. The second-order valence-corrected chi connectivity index (χ2v) is 5.16. The van der Waals surface area contributed by atoms with Gasteiger partial charge in [0.2, 0.25) is 0 Å². The molecule has 2 aromatic rings. The van der Waals surface area contributed by atoms with E-state index in [9.17, 15) is 30.6 Å². The molecule has 2 aromatic carbocycles. The number of benzene rings is 2. The Kier molecular flexibility index (Phi) is 3.14. The van der Waals surface area contributed by atoms with Crippen LogP contribution in [0.2, 0.25) is 0 Å². The van der Waals surface area contributed by atoms with Crippen molar-refractivity contribution in [2.75, 3.05) is 0 Å². The van der Waals surface area contributed by atoms with E-state index in [0.717, 1.165) is 18.2 Å². The Morgan fingerprint density at radius 3 is 2.14 bits per heavy atom. The van der Waals surface area contributed by atoms with Gasteiger partial charge in [-0.1, -0.05) is 0 Å². The molecule has 1 aliphatic rings. The zero-order valence-electron chi connectivity index (χ0n) is 11.3. The van der Waals surface area contributed by atoms with Crippen LogP contribution in [0.25, 0.3) is 0 Å². The number of ether oxygens (including phenoxy) is 1. The maximum absolute atomic E-state index is 10.2. The van der Waals surface area contributed by atoms with Gasteiger partial charge in [0.25, 0.3) is 0 Å². The molecule has 0 amide bonds. The maximum Gasteiger partial charge on any atom is 0.200 e. The van der Waals surface area contributed by atoms with E-state index >= 15 is 0 Å². The third-order valence-electron chi connectivity index (χ3n) is 3.61. The average molecular weight is 306 g/mol. The number of rotatable bonds is 1. The molecule has 1 aliphatic heterocycles. The number of fused-ring (bicyclic) bond motifs is 1. The first-order valence-electron chi connectivity index (χ1n) is 6.51. The summed E-state index contributed by atoms with van der Waals surface area (Å²) in [4.78, 5) is 0. The number of aromatic hydroxyl groups is 5. The minimum atomic E-state index is -1.05. The van der Waals surface area contributed by atoms with E-state index in [4.69, 9.17) is 4.74 Å². The minimum Gasteiger partial charge on any atom is -0.508 e. The van der Waals surface area contributed by atoms with Crippen LogP contribution in [0.1, 0.15) is 17.2 Å². The molecule has 7 heteroatoms. The van der Waals surface area contributed by atoms with Gasteiger partial charge in [0.05, 0.1) is 6.10 Å². The molecule has 3 rings (SSSR count). The Balaban J connectivity index is 2.03. The summed E-state index contributed by atoms with van der Waals surface area (Å²) in [6.07, 6.45) is -1.92. The van der Waals surface area contributed by atoms with Crippen LogP contribution in [0.15, 0.2) is 24.3 Å². The molecular weight excluding hydrogens is 292 g/mol. The van der Waals surface area contributed by atoms with Gasteiger partial charge >= 0.3 is 0 Å². The van der Waals surface area contributed by atoms with E-state index in [1.165, 1.54) is 6.07 Å². The van der Waals surface area contributed by atoms with Crippen molar-refractivity contribution < 1.29 is 35.4 Å². The average Bonchev–Trinajstić information content (AvgIpc) is 2.44. The SMILES string of the molecule is Oc1cc(O)c2c(c1)O[C@@H](c1cc(O)c(O)c(O)c1)[C@@H](O)C2. The monoisotopic (exact) mass is 306 g/mol. The first-order valence-corrected chi connectivity index (χ1v) is 6.51. The summed E-state index contributed by atoms with van der Waals surface area (Å²) in [7, 11) is 0. The van der Waals surface area contributed by atoms with Crippen LogP contribution in [-0.4, -0.2) is 36.7 Å². The number of hydrogen-bond acceptors (Lipinski definition) is 7. The van der Waals surface area contributed by atoms with Gasteiger partial charge in [-0.15, -0.1) is 0 Å². The van der Waals surface area contributed by atoms with E-state index in [0.29, 0.717) is 5.56 Å². The van der Waals surface area contributed by atoms with Crippen LogP contribution in [0, 0.1) is 0 Å². The lowest BCUT2D eigenvalue weighted by atomic mass is 9.93. The van der Waals surface area contributed by atoms with E-state index in [1.54, 1.807) is 0 Å². The number of aliphatic hydroxyl groups is 1. The van der Waals surface area contributed by atoms with E-state index < -0.39 is 29.5 Å². The van der Waals surface area contributed by atoms with E-state index in [1.807, 2.05) is 0 Å². The molecule has 7 nitrogen and oxygen atoms in total. The molecule has 0 saturated heterocycles. The van der Waals surface area contributed by atoms with Crippen molar-refractivity contribution in [2.24, 2.45) is 0 Å². The predicted molar refractivity (Wildman–Crippen MR) is 74.3 cm³/mol. The third kappa shape index (κ3) is 2.21. The highest BCUT2D eigenvalue weighted by molar-refractivity contribution is 5.54. The highest BCUT2D eigenvalue weighted by atomic mass is 16.5. The standard InChI is InChI=1S/C15H14O7/c16-7-3-9(17)8-5-12(20)15(22-13(8)4-7)6-1-10(18)14(21)11(19)2-6/h1-4,12,15-21H,5H2/t12-,15-/m0/s1. The molecule has 22 heavy (non-hydrogen) atoms. The Morgan fingerprint density at radius 2 is 1.50 bits per heavy atom. The van der Waals surface area contributed by atoms with Crippen LogP contribution in [0.5, 0.6) is 34.5 Å². The van der Waals surface area contributed by atoms with Gasteiger partial charge in [-0.2, -0.15) is 0 Å². The van der Waals surface area contributed by atoms with Crippen molar-refractivity contribution in [1.82, 2.24) is 0 Å². The quantitative estimate of drug-likeness (QED) is 0.437. The fourth-order valence-corrected chi connectivity index (χ4v) is 2.54. The summed E-state index contributed by atoms with van der Waals surface area (Å²) in [5.41, 5.74) is 0.600. The number of phenolic OH excluding ortho intramolecular Hbond substituents is 5. The molecule has 0 unspecified atom stereocenters. The molecule has 1 heterocycles. The van der Waals surface area contributed by atoms with Gasteiger partial charge in [-0.25, -0.2) is 0 Å². The summed E-state index contributed by atoms with van der Waals surface area (Å²) < 4.78 is 5.57. The van der Waals surface area contributed by atoms with E-state index in [2.05, 4.69) is 0 Å². The van der Waals surface area contributed by atoms with Gasteiger partial charge in [0, 0.05) is 29.7 Å². The van der Waals surface area contributed by atoms with Crippen molar-refractivity contribution >= 4 is 0 Å². The van der Waals surface area contributed by atoms with Crippen LogP contribution in [-0.2, 0) is 6.42 Å². The molecular formula is C15H14O7. The zero-order chi connectivity index (χ0) is 16.0. The lowest BCUT2D eigenvalue weighted by Crippen LogP contribution is -2.30. The van der Waals surface area contributed by atoms with Crippen molar-refractivity contribution in [3.8, 4) is 34.5 Å². The highest BCUT2D eigenvalue weighted by Crippen LogP contribution is 2.44. The first-order chi connectivity index (χ1) is 10.4. The Morgan fingerprint density at radius 1 is 0.864 bits per heavy atom. The normalized spacial score (nSPS) is 20.2. The molecule has 0 spiro atoms. The molecule has 0 saturated carbocycles. The molecule has 6 N–H and O–H groups in total. The van der Waals surface area contributed by atoms with Gasteiger partial charge < -0.3 is 35.4 Å². The first kappa shape index (κ1) is 14.2. The predicted octanol–water partition coefficient (Wildman–Crippen LogP) is 1.25. The molecule has 0 radical (unpaired) electrons. The molecule has 116 valence electrons. The maximum atomic E-state index is 10.2. The van der Waals surface area contributed by atoms with Crippen LogP contribution in [0.3, 0.4) is 0 Å². The topological polar surface area (TPSA) is 131 Å². The van der Waals surface area contributed by atoms with Crippen LogP contribution in [0.4, 0.5) is 0 Å². The van der Waals surface area contributed by atoms with Gasteiger partial charge in [-0.3, -0.25) is 0 Å². The fourth-order valence-electron chi connectivity index (χ4n) is 2.54. The zero-order valence-corrected chi connectivity index (χ0v) is 11.3. The van der Waals surface area contributed by atoms with Crippen molar-refractivity contribution in [1.29, 1.82) is 0 Å². The molecule has 0 aromatic heterocycles. The Labute approximate surface area is 124 Å². The Bertz CT molecular complexity index is 718. The molecule has 0 fully saturated rings. The number of aliphatic hydroxyl groups excluding tert-OH is 1. The second-order valence-electron chi connectivity index (χ2n) is 5.16. The van der Waals surface area contributed by atoms with Crippen molar-refractivity contribution in [2.45, 2.75) is 18.6 Å². The van der Waals surface area contributed by atoms with Gasteiger partial charge in [0.15, 0.2) is 23.4 Å². The smallest absolute Gasteiger partial charge is 0.200 e. The summed E-state index contributed by atoms with van der Waals surface area (Å²) in [6.45, 7) is 0. The largest absolute Gasteiger partial charge is 0.508 e. The van der Waals surface area contributed by atoms with Crippen LogP contribution >= 0.6 is 0 Å². The summed E-state index contributed by atoms with van der Waals surface area (Å²) in [5, 5.41) is 57.9. The summed E-state index contributed by atoms with van der Waals surface area (Å²) in [6, 6.07) is 4.77. The third-order valence-corrected chi connectivity index (χ3v) is 3.61. The summed E-state index contributed by atoms with van der Waals surface area (Å²) >= 11 is 0.